The van der Waals surface area contributed by atoms with Crippen molar-refractivity contribution in [1.29, 1.82) is 0 Å². The molecule has 0 unspecified atom stereocenters. The summed E-state index contributed by atoms with van der Waals surface area (Å²) >= 11 is 0. The Bertz CT molecular complexity index is 510. The summed E-state index contributed by atoms with van der Waals surface area (Å²) in [5.41, 5.74) is 0.889. The number of rotatable bonds is 5. The molecule has 0 aromatic heterocycles. The highest BCUT2D eigenvalue weighted by Gasteiger charge is 2.36. The largest absolute Gasteiger partial charge is 0.478 e. The smallest absolute Gasteiger partial charge is 0.445 e. The normalized spacial score (nSPS) is 21.3. The highest BCUT2D eigenvalue weighted by Crippen LogP contribution is 2.19. The highest BCUT2D eigenvalue weighted by molar-refractivity contribution is 6.45. The van der Waals surface area contributed by atoms with Crippen LogP contribution in [-0.2, 0) is 20.8 Å². The van der Waals surface area contributed by atoms with Crippen LogP contribution < -0.4 is 5.32 Å². The van der Waals surface area contributed by atoms with E-state index in [-0.39, 0.29) is 24.9 Å². The molecule has 2 rings (SSSR count). The topological polar surface area (TPSA) is 84.9 Å². The summed E-state index contributed by atoms with van der Waals surface area (Å²) < 4.78 is 10.4. The van der Waals surface area contributed by atoms with Crippen LogP contribution >= 0.6 is 0 Å². The fourth-order valence-corrected chi connectivity index (χ4v) is 2.40. The summed E-state index contributed by atoms with van der Waals surface area (Å²) in [6.45, 7) is 1.66. The number of carbonyl (C=O) groups is 2. The maximum absolute atomic E-state index is 11.7. The van der Waals surface area contributed by atoms with Gasteiger partial charge in [0, 0.05) is 12.5 Å². The van der Waals surface area contributed by atoms with E-state index in [0.717, 1.165) is 5.56 Å². The number of alkyl carbamates (subject to hydrolysis) is 1. The van der Waals surface area contributed by atoms with Gasteiger partial charge in [0.25, 0.3) is 0 Å². The molecule has 2 atom stereocenters. The summed E-state index contributed by atoms with van der Waals surface area (Å²) in [5.74, 6) is -0.502. The highest BCUT2D eigenvalue weighted by atomic mass is 16.6. The number of Topliss-reactive ketones (excluding diaryl/α,β-unsaturated/α-hetero) is 1. The van der Waals surface area contributed by atoms with Crippen LogP contribution in [0.2, 0.25) is 0 Å². The van der Waals surface area contributed by atoms with E-state index in [4.69, 9.17) is 9.39 Å². The Hall–Kier alpha value is -1.86. The predicted molar refractivity (Wildman–Crippen MR) is 80.9 cm³/mol. The molecular formula is C15H20BNO5. The minimum atomic E-state index is -1.12. The lowest BCUT2D eigenvalue weighted by Gasteiger charge is -2.30. The van der Waals surface area contributed by atoms with Gasteiger partial charge in [-0.3, -0.25) is 4.79 Å². The molecule has 7 heteroatoms. The van der Waals surface area contributed by atoms with E-state index in [9.17, 15) is 14.6 Å². The number of amides is 1. The van der Waals surface area contributed by atoms with Crippen LogP contribution in [0.1, 0.15) is 31.7 Å². The fraction of sp³-hybridized carbons (Fsp3) is 0.467. The third-order valence-corrected chi connectivity index (χ3v) is 3.51. The van der Waals surface area contributed by atoms with Crippen molar-refractivity contribution in [2.75, 3.05) is 0 Å². The average molecular weight is 305 g/mol. The molecule has 0 saturated carbocycles. The molecule has 0 bridgehead atoms. The molecule has 1 aromatic rings. The van der Waals surface area contributed by atoms with Gasteiger partial charge in [0.2, 0.25) is 0 Å². The first kappa shape index (κ1) is 16.5. The first-order valence-corrected chi connectivity index (χ1v) is 7.35. The predicted octanol–water partition coefficient (Wildman–Crippen LogP) is 1.46. The molecule has 0 aliphatic carbocycles. The number of hydrogen-bond donors (Lipinski definition) is 2. The van der Waals surface area contributed by atoms with Crippen LogP contribution in [0.3, 0.4) is 0 Å². The number of benzene rings is 1. The van der Waals surface area contributed by atoms with E-state index >= 15 is 0 Å². The molecule has 118 valence electrons. The quantitative estimate of drug-likeness (QED) is 0.805. The van der Waals surface area contributed by atoms with Crippen LogP contribution in [-0.4, -0.2) is 36.1 Å². The Morgan fingerprint density at radius 2 is 2.09 bits per heavy atom. The van der Waals surface area contributed by atoms with Crippen molar-refractivity contribution in [2.24, 2.45) is 0 Å². The van der Waals surface area contributed by atoms with Gasteiger partial charge in [-0.1, -0.05) is 30.3 Å². The molecule has 0 radical (unpaired) electrons. The second-order valence-electron chi connectivity index (χ2n) is 5.44. The van der Waals surface area contributed by atoms with Crippen molar-refractivity contribution in [3.8, 4) is 0 Å². The van der Waals surface area contributed by atoms with Gasteiger partial charge in [0.1, 0.15) is 12.4 Å². The monoisotopic (exact) mass is 305 g/mol. The molecule has 1 aromatic carbocycles. The van der Waals surface area contributed by atoms with E-state index in [0.29, 0.717) is 12.8 Å². The van der Waals surface area contributed by atoms with Gasteiger partial charge in [0.15, 0.2) is 0 Å². The number of ether oxygens (including phenoxy) is 1. The zero-order valence-electron chi connectivity index (χ0n) is 12.5. The maximum Gasteiger partial charge on any atom is 0.478 e. The summed E-state index contributed by atoms with van der Waals surface area (Å²) in [6, 6.07) is 9.34. The van der Waals surface area contributed by atoms with Gasteiger partial charge in [-0.05, 0) is 25.3 Å². The van der Waals surface area contributed by atoms with Gasteiger partial charge in [-0.25, -0.2) is 4.79 Å². The molecule has 1 fully saturated rings. The summed E-state index contributed by atoms with van der Waals surface area (Å²) in [5, 5.41) is 12.5. The van der Waals surface area contributed by atoms with Crippen LogP contribution in [0.4, 0.5) is 4.79 Å². The minimum Gasteiger partial charge on any atom is -0.445 e. The molecule has 1 aliphatic rings. The van der Waals surface area contributed by atoms with Gasteiger partial charge in [-0.2, -0.15) is 0 Å². The zero-order chi connectivity index (χ0) is 15.9. The third-order valence-electron chi connectivity index (χ3n) is 3.51. The first-order valence-electron chi connectivity index (χ1n) is 7.35. The Morgan fingerprint density at radius 3 is 2.73 bits per heavy atom. The van der Waals surface area contributed by atoms with Crippen molar-refractivity contribution in [3.05, 3.63) is 35.9 Å². The van der Waals surface area contributed by atoms with Gasteiger partial charge in [0.05, 0.1) is 5.94 Å². The van der Waals surface area contributed by atoms with Crippen LogP contribution in [0.5, 0.6) is 0 Å². The lowest BCUT2D eigenvalue weighted by atomic mass is 9.72. The van der Waals surface area contributed by atoms with Crippen LogP contribution in [0.15, 0.2) is 30.3 Å². The van der Waals surface area contributed by atoms with E-state index in [2.05, 4.69) is 5.32 Å². The first-order chi connectivity index (χ1) is 10.5. The van der Waals surface area contributed by atoms with Gasteiger partial charge >= 0.3 is 13.2 Å². The van der Waals surface area contributed by atoms with E-state index < -0.39 is 19.2 Å². The molecule has 1 amide bonds. The van der Waals surface area contributed by atoms with Crippen LogP contribution in [0.25, 0.3) is 0 Å². The SMILES string of the molecule is CC(=O)C[C@@H]1CC[C@H](NC(=O)OCc2ccccc2)B(O)O1. The number of nitrogens with one attached hydrogen (secondary N) is 1. The molecule has 1 heterocycles. The average Bonchev–Trinajstić information content (AvgIpc) is 2.48. The fourth-order valence-electron chi connectivity index (χ4n) is 2.40. The Morgan fingerprint density at radius 1 is 1.36 bits per heavy atom. The summed E-state index contributed by atoms with van der Waals surface area (Å²) in [4.78, 5) is 22.8. The second-order valence-corrected chi connectivity index (χ2v) is 5.44. The molecule has 1 saturated heterocycles. The van der Waals surface area contributed by atoms with Crippen molar-refractivity contribution < 1.29 is 24.0 Å². The molecule has 1 aliphatic heterocycles. The van der Waals surface area contributed by atoms with E-state index in [1.54, 1.807) is 0 Å². The van der Waals surface area contributed by atoms with E-state index in [1.165, 1.54) is 6.92 Å². The van der Waals surface area contributed by atoms with Gasteiger partial charge in [-0.15, -0.1) is 0 Å². The summed E-state index contributed by atoms with van der Waals surface area (Å²) in [6.07, 6.45) is 0.551. The molecule has 6 nitrogen and oxygen atoms in total. The van der Waals surface area contributed by atoms with Crippen molar-refractivity contribution >= 4 is 19.0 Å². The number of carbonyl (C=O) groups excluding carboxylic acids is 2. The summed E-state index contributed by atoms with van der Waals surface area (Å²) in [7, 11) is -1.12. The van der Waals surface area contributed by atoms with Crippen LogP contribution in [0, 0.1) is 0 Å². The second kappa shape index (κ2) is 7.96. The molecule has 2 N–H and O–H groups in total. The number of ketones is 1. The molecular weight excluding hydrogens is 285 g/mol. The third kappa shape index (κ3) is 5.16. The molecule has 0 spiro atoms. The number of hydrogen-bond acceptors (Lipinski definition) is 5. The Kier molecular flexibility index (Phi) is 5.97. The minimum absolute atomic E-state index is 0.0193. The van der Waals surface area contributed by atoms with E-state index in [1.807, 2.05) is 30.3 Å². The maximum atomic E-state index is 11.7. The Labute approximate surface area is 129 Å². The van der Waals surface area contributed by atoms with Gasteiger partial charge < -0.3 is 19.7 Å². The lowest BCUT2D eigenvalue weighted by Crippen LogP contribution is -2.52. The molecule has 22 heavy (non-hydrogen) atoms. The van der Waals surface area contributed by atoms with Crippen molar-refractivity contribution in [2.45, 2.75) is 44.8 Å². The standard InChI is InChI=1S/C15H20BNO5/c1-11(18)9-13-7-8-14(16(20)22-13)17-15(19)21-10-12-5-3-2-4-6-12/h2-6,13-14,20H,7-10H2,1H3,(H,17,19)/t13-,14-/m0/s1. The zero-order valence-corrected chi connectivity index (χ0v) is 12.5. The Balaban J connectivity index is 1.74. The van der Waals surface area contributed by atoms with Crippen molar-refractivity contribution in [3.63, 3.8) is 0 Å². The van der Waals surface area contributed by atoms with Crippen molar-refractivity contribution in [1.82, 2.24) is 5.32 Å². The lowest BCUT2D eigenvalue weighted by molar-refractivity contribution is -0.118.